The SMILES string of the molecule is C=Cc1cccc2c(=O)c(C(=O)CCC)c[nH]c12.CCCC(O)=C(C=Nc1ccccc1C(C)OC(=O)c1ccccc1)C(=O)OCC. The number of esters is 2. The number of aliphatic imine (C=N–C) groups is 1. The number of allylic oxidation sites excluding steroid dienone is 1. The van der Waals surface area contributed by atoms with Gasteiger partial charge < -0.3 is 19.6 Å². The number of ketones is 1. The minimum absolute atomic E-state index is 0.0161. The van der Waals surface area contributed by atoms with Gasteiger partial charge in [0.1, 0.15) is 17.4 Å². The number of aromatic nitrogens is 1. The van der Waals surface area contributed by atoms with Crippen molar-refractivity contribution in [1.29, 1.82) is 0 Å². The van der Waals surface area contributed by atoms with Gasteiger partial charge >= 0.3 is 11.9 Å². The molecule has 0 aliphatic heterocycles. The highest BCUT2D eigenvalue weighted by molar-refractivity contribution is 6.10. The number of hydrogen-bond acceptors (Lipinski definition) is 8. The van der Waals surface area contributed by atoms with Crippen molar-refractivity contribution in [2.75, 3.05) is 6.61 Å². The van der Waals surface area contributed by atoms with Gasteiger partial charge in [-0.2, -0.15) is 0 Å². The Balaban J connectivity index is 0.000000294. The van der Waals surface area contributed by atoms with Crippen molar-refractivity contribution in [3.05, 3.63) is 129 Å². The molecule has 0 fully saturated rings. The Hall–Kier alpha value is -5.57. The summed E-state index contributed by atoms with van der Waals surface area (Å²) in [5, 5.41) is 10.8. The number of fused-ring (bicyclic) bond motifs is 1. The number of benzene rings is 3. The lowest BCUT2D eigenvalue weighted by Gasteiger charge is -2.15. The first-order valence-corrected chi connectivity index (χ1v) is 15.9. The number of Topliss-reactive ketones (excluding diaryl/α,β-unsaturated/α-hetero) is 1. The fourth-order valence-corrected chi connectivity index (χ4v) is 4.79. The smallest absolute Gasteiger partial charge is 0.343 e. The third kappa shape index (κ3) is 9.72. The van der Waals surface area contributed by atoms with Crippen LogP contribution in [0.2, 0.25) is 0 Å². The zero-order chi connectivity index (χ0) is 35.1. The highest BCUT2D eigenvalue weighted by Crippen LogP contribution is 2.28. The lowest BCUT2D eigenvalue weighted by molar-refractivity contribution is -0.138. The minimum Gasteiger partial charge on any atom is -0.511 e. The summed E-state index contributed by atoms with van der Waals surface area (Å²) < 4.78 is 10.6. The lowest BCUT2D eigenvalue weighted by Crippen LogP contribution is -2.15. The maximum Gasteiger partial charge on any atom is 0.343 e. The van der Waals surface area contributed by atoms with Crippen LogP contribution in [0.3, 0.4) is 0 Å². The molecule has 0 amide bonds. The summed E-state index contributed by atoms with van der Waals surface area (Å²) >= 11 is 0. The summed E-state index contributed by atoms with van der Waals surface area (Å²) in [6.45, 7) is 11.2. The maximum atomic E-state index is 12.4. The summed E-state index contributed by atoms with van der Waals surface area (Å²) in [6.07, 6.45) is 6.08. The van der Waals surface area contributed by atoms with Gasteiger partial charge in [0.25, 0.3) is 0 Å². The first kappa shape index (κ1) is 36.9. The van der Waals surface area contributed by atoms with Crippen molar-refractivity contribution in [2.45, 2.75) is 59.5 Å². The van der Waals surface area contributed by atoms with Crippen LogP contribution < -0.4 is 5.43 Å². The molecule has 48 heavy (non-hydrogen) atoms. The van der Waals surface area contributed by atoms with Gasteiger partial charge in [0.2, 0.25) is 0 Å². The van der Waals surface area contributed by atoms with E-state index in [1.807, 2.05) is 32.0 Å². The molecule has 0 radical (unpaired) electrons. The number of carbonyl (C=O) groups excluding carboxylic acids is 3. The van der Waals surface area contributed by atoms with Crippen LogP contribution in [0.1, 0.15) is 91.3 Å². The fraction of sp³-hybridized carbons (Fsp3) is 0.256. The number of pyridine rings is 1. The van der Waals surface area contributed by atoms with Gasteiger partial charge in [-0.05, 0) is 56.5 Å². The Kier molecular flexibility index (Phi) is 14.3. The van der Waals surface area contributed by atoms with Gasteiger partial charge in [-0.15, -0.1) is 0 Å². The van der Waals surface area contributed by atoms with Gasteiger partial charge in [0.05, 0.1) is 28.9 Å². The highest BCUT2D eigenvalue weighted by Gasteiger charge is 2.18. The van der Waals surface area contributed by atoms with E-state index >= 15 is 0 Å². The summed E-state index contributed by atoms with van der Waals surface area (Å²) in [7, 11) is 0. The van der Waals surface area contributed by atoms with Gasteiger partial charge in [0, 0.05) is 36.2 Å². The van der Waals surface area contributed by atoms with E-state index in [9.17, 15) is 24.3 Å². The van der Waals surface area contributed by atoms with Crippen molar-refractivity contribution >= 4 is 46.6 Å². The monoisotopic (exact) mass is 650 g/mol. The van der Waals surface area contributed by atoms with E-state index < -0.39 is 18.0 Å². The predicted molar refractivity (Wildman–Crippen MR) is 190 cm³/mol. The van der Waals surface area contributed by atoms with Crippen LogP contribution in [0.5, 0.6) is 0 Å². The molecule has 1 aromatic heterocycles. The molecule has 3 aromatic carbocycles. The highest BCUT2D eigenvalue weighted by atomic mass is 16.5. The third-order valence-corrected chi connectivity index (χ3v) is 7.24. The average molecular weight is 651 g/mol. The Morgan fingerprint density at radius 1 is 0.938 bits per heavy atom. The summed E-state index contributed by atoms with van der Waals surface area (Å²) in [6, 6.07) is 21.3. The fourth-order valence-electron chi connectivity index (χ4n) is 4.79. The molecule has 1 unspecified atom stereocenters. The number of aliphatic hydroxyl groups excluding tert-OH is 1. The molecule has 9 heteroatoms. The van der Waals surface area contributed by atoms with E-state index in [4.69, 9.17) is 9.47 Å². The number of hydrogen-bond donors (Lipinski definition) is 2. The normalized spacial score (nSPS) is 12.0. The van der Waals surface area contributed by atoms with Crippen molar-refractivity contribution in [1.82, 2.24) is 4.98 Å². The van der Waals surface area contributed by atoms with Gasteiger partial charge in [-0.25, -0.2) is 9.59 Å². The molecule has 0 aliphatic rings. The van der Waals surface area contributed by atoms with Crippen molar-refractivity contribution in [3.8, 4) is 0 Å². The van der Waals surface area contributed by atoms with E-state index in [2.05, 4.69) is 16.6 Å². The van der Waals surface area contributed by atoms with E-state index in [0.29, 0.717) is 41.5 Å². The largest absolute Gasteiger partial charge is 0.511 e. The lowest BCUT2D eigenvalue weighted by atomic mass is 10.0. The molecule has 0 aliphatic carbocycles. The van der Waals surface area contributed by atoms with Crippen molar-refractivity contribution in [2.24, 2.45) is 4.99 Å². The topological polar surface area (TPSA) is 135 Å². The molecule has 0 saturated heterocycles. The Morgan fingerprint density at radius 3 is 2.29 bits per heavy atom. The minimum atomic E-state index is -0.631. The summed E-state index contributed by atoms with van der Waals surface area (Å²) in [5.41, 5.74) is 3.30. The molecule has 2 N–H and O–H groups in total. The number of H-pyrrole nitrogens is 1. The zero-order valence-corrected chi connectivity index (χ0v) is 27.8. The molecular formula is C39H42N2O7. The number of aromatic amines is 1. The van der Waals surface area contributed by atoms with E-state index in [1.165, 1.54) is 12.4 Å². The van der Waals surface area contributed by atoms with Crippen LogP contribution in [-0.4, -0.2) is 40.6 Å². The Morgan fingerprint density at radius 2 is 1.62 bits per heavy atom. The second kappa shape index (κ2) is 18.5. The molecule has 1 atom stereocenters. The number of nitrogens with zero attached hydrogens (tertiary/aromatic N) is 1. The first-order chi connectivity index (χ1) is 23.2. The average Bonchev–Trinajstić information content (AvgIpc) is 3.09. The standard InChI is InChI=1S/C24H27NO5.C15H15NO2/c1-4-11-22(26)20(24(28)29-5-2)16-25-21-15-10-9-14-19(21)17(3)30-23(27)18-12-7-6-8-13-18;1-3-6-13(17)12-9-16-14-10(4-2)7-5-8-11(14)15(12)18/h6-10,12-17,26H,4-5,11H2,1-3H3;4-5,7-9H,2-3,6H2,1H3,(H,16,18). The number of aliphatic hydroxyl groups is 1. The maximum absolute atomic E-state index is 12.4. The number of nitrogens with one attached hydrogen (secondary N) is 1. The van der Waals surface area contributed by atoms with Gasteiger partial charge in [0.15, 0.2) is 11.2 Å². The number of ether oxygens (including phenoxy) is 2. The zero-order valence-electron chi connectivity index (χ0n) is 27.8. The summed E-state index contributed by atoms with van der Waals surface area (Å²) in [5.74, 6) is -1.24. The van der Waals surface area contributed by atoms with Crippen LogP contribution in [0.25, 0.3) is 17.0 Å². The first-order valence-electron chi connectivity index (χ1n) is 15.9. The van der Waals surface area contributed by atoms with E-state index in [0.717, 1.165) is 17.5 Å². The molecule has 0 bridgehead atoms. The van der Waals surface area contributed by atoms with Gasteiger partial charge in [-0.3, -0.25) is 14.6 Å². The third-order valence-electron chi connectivity index (χ3n) is 7.24. The van der Waals surface area contributed by atoms with Crippen molar-refractivity contribution in [3.63, 3.8) is 0 Å². The Bertz CT molecular complexity index is 1860. The second-order valence-corrected chi connectivity index (χ2v) is 10.7. The van der Waals surface area contributed by atoms with Crippen LogP contribution in [-0.2, 0) is 14.3 Å². The molecule has 9 nitrogen and oxygen atoms in total. The molecular weight excluding hydrogens is 608 g/mol. The molecule has 250 valence electrons. The van der Waals surface area contributed by atoms with Gasteiger partial charge in [-0.1, -0.05) is 75.0 Å². The Labute approximate surface area is 280 Å². The number of rotatable bonds is 13. The quantitative estimate of drug-likeness (QED) is 0.0486. The summed E-state index contributed by atoms with van der Waals surface area (Å²) in [4.78, 5) is 56.0. The molecule has 4 aromatic rings. The van der Waals surface area contributed by atoms with Crippen LogP contribution in [0, 0.1) is 0 Å². The number of carbonyl (C=O) groups is 3. The number of para-hydroxylation sites is 2. The van der Waals surface area contributed by atoms with Crippen LogP contribution >= 0.6 is 0 Å². The van der Waals surface area contributed by atoms with Crippen molar-refractivity contribution < 1.29 is 29.0 Å². The second-order valence-electron chi connectivity index (χ2n) is 10.7. The molecule has 0 spiro atoms. The van der Waals surface area contributed by atoms with Crippen LogP contribution in [0.4, 0.5) is 5.69 Å². The molecule has 0 saturated carbocycles. The molecule has 4 rings (SSSR count). The van der Waals surface area contributed by atoms with Crippen LogP contribution in [0.15, 0.2) is 107 Å². The molecule has 1 heterocycles. The predicted octanol–water partition coefficient (Wildman–Crippen LogP) is 8.64. The van der Waals surface area contributed by atoms with E-state index in [1.54, 1.807) is 74.5 Å². The van der Waals surface area contributed by atoms with E-state index in [-0.39, 0.29) is 34.7 Å².